The normalized spacial score (nSPS) is 11.8. The first-order valence-corrected chi connectivity index (χ1v) is 11.5. The summed E-state index contributed by atoms with van der Waals surface area (Å²) in [5.74, 6) is -0.262. The maximum absolute atomic E-state index is 12.6. The molecule has 0 radical (unpaired) electrons. The molecule has 0 unspecified atom stereocenters. The second-order valence-corrected chi connectivity index (χ2v) is 9.35. The Morgan fingerprint density at radius 2 is 1.62 bits per heavy atom. The van der Waals surface area contributed by atoms with Gasteiger partial charge in [-0.1, -0.05) is 30.3 Å². The quantitative estimate of drug-likeness (QED) is 0.526. The summed E-state index contributed by atoms with van der Waals surface area (Å²) in [4.78, 5) is 12.6. The van der Waals surface area contributed by atoms with Crippen molar-refractivity contribution in [3.8, 4) is 0 Å². The maximum atomic E-state index is 12.6. The molecule has 0 aliphatic heterocycles. The average Bonchev–Trinajstić information content (AvgIpc) is 3.00. The summed E-state index contributed by atoms with van der Waals surface area (Å²) in [6.07, 6.45) is 1.19. The number of sulfone groups is 1. The van der Waals surface area contributed by atoms with Crippen LogP contribution >= 0.6 is 0 Å². The molecule has 3 aromatic carbocycles. The minimum atomic E-state index is -3.10. The molecule has 0 spiro atoms. The van der Waals surface area contributed by atoms with Gasteiger partial charge >= 0.3 is 0 Å². The monoisotopic (exact) mass is 406 g/mol. The minimum Gasteiger partial charge on any atom is -0.341 e. The molecule has 1 amide bonds. The van der Waals surface area contributed by atoms with Crippen molar-refractivity contribution in [3.05, 3.63) is 77.9 Å². The smallest absolute Gasteiger partial charge is 0.255 e. The van der Waals surface area contributed by atoms with Gasteiger partial charge in [0, 0.05) is 45.9 Å². The van der Waals surface area contributed by atoms with Crippen molar-refractivity contribution in [3.63, 3.8) is 0 Å². The van der Waals surface area contributed by atoms with Gasteiger partial charge in [-0.05, 0) is 48.9 Å². The maximum Gasteiger partial charge on any atom is 0.255 e. The molecule has 4 aromatic rings. The van der Waals surface area contributed by atoms with Gasteiger partial charge in [-0.15, -0.1) is 0 Å². The van der Waals surface area contributed by atoms with Crippen LogP contribution in [0.25, 0.3) is 21.8 Å². The van der Waals surface area contributed by atoms with E-state index in [1.54, 1.807) is 24.3 Å². The molecular weight excluding hydrogens is 384 g/mol. The van der Waals surface area contributed by atoms with Gasteiger partial charge in [0.1, 0.15) is 0 Å². The van der Waals surface area contributed by atoms with E-state index >= 15 is 0 Å². The zero-order chi connectivity index (χ0) is 20.6. The summed E-state index contributed by atoms with van der Waals surface area (Å²) in [5, 5.41) is 5.20. The molecule has 1 N–H and O–H groups in total. The number of hydrogen-bond acceptors (Lipinski definition) is 3. The van der Waals surface area contributed by atoms with Crippen LogP contribution in [0.15, 0.2) is 66.7 Å². The summed E-state index contributed by atoms with van der Waals surface area (Å²) in [6.45, 7) is 2.99. The molecule has 6 heteroatoms. The molecule has 5 nitrogen and oxygen atoms in total. The first-order chi connectivity index (χ1) is 13.9. The number of aromatic nitrogens is 1. The highest BCUT2D eigenvalue weighted by molar-refractivity contribution is 7.89. The van der Waals surface area contributed by atoms with Crippen LogP contribution in [-0.4, -0.2) is 25.1 Å². The van der Waals surface area contributed by atoms with E-state index < -0.39 is 9.84 Å². The van der Waals surface area contributed by atoms with Crippen molar-refractivity contribution in [1.82, 2.24) is 4.57 Å². The predicted octanol–water partition coefficient (Wildman–Crippen LogP) is 4.61. The molecule has 148 valence electrons. The van der Waals surface area contributed by atoms with Crippen LogP contribution in [0.1, 0.15) is 22.8 Å². The third kappa shape index (κ3) is 3.89. The Kier molecular flexibility index (Phi) is 4.88. The Hall–Kier alpha value is -3.12. The van der Waals surface area contributed by atoms with Crippen molar-refractivity contribution in [2.75, 3.05) is 11.6 Å². The Morgan fingerprint density at radius 3 is 2.31 bits per heavy atom. The lowest BCUT2D eigenvalue weighted by atomic mass is 10.1. The molecule has 0 saturated heterocycles. The van der Waals surface area contributed by atoms with Gasteiger partial charge in [0.2, 0.25) is 0 Å². The van der Waals surface area contributed by atoms with Gasteiger partial charge in [0.15, 0.2) is 9.84 Å². The fourth-order valence-electron chi connectivity index (χ4n) is 3.73. The van der Waals surface area contributed by atoms with Gasteiger partial charge in [-0.25, -0.2) is 8.42 Å². The van der Waals surface area contributed by atoms with E-state index in [1.165, 1.54) is 11.8 Å². The van der Waals surface area contributed by atoms with Crippen LogP contribution in [0.2, 0.25) is 0 Å². The number of aryl methyl sites for hydroxylation is 1. The summed E-state index contributed by atoms with van der Waals surface area (Å²) in [6, 6.07) is 20.8. The van der Waals surface area contributed by atoms with Crippen LogP contribution in [0.3, 0.4) is 0 Å². The average molecular weight is 407 g/mol. The summed E-state index contributed by atoms with van der Waals surface area (Å²) in [7, 11) is -3.10. The van der Waals surface area contributed by atoms with Crippen molar-refractivity contribution in [2.45, 2.75) is 19.2 Å². The molecule has 0 aliphatic rings. The van der Waals surface area contributed by atoms with Crippen LogP contribution in [-0.2, 0) is 22.1 Å². The second-order valence-electron chi connectivity index (χ2n) is 7.21. The SMILES string of the molecule is CCn1c2ccccc2c2cc(NC(=O)c3ccc(CS(C)(=O)=O)cc3)ccc21. The minimum absolute atomic E-state index is 0.0347. The van der Waals surface area contributed by atoms with Crippen LogP contribution in [0, 0.1) is 0 Å². The van der Waals surface area contributed by atoms with E-state index in [4.69, 9.17) is 0 Å². The summed E-state index contributed by atoms with van der Waals surface area (Å²) < 4.78 is 25.1. The topological polar surface area (TPSA) is 68.2 Å². The number of para-hydroxylation sites is 1. The number of fused-ring (bicyclic) bond motifs is 3. The molecule has 0 atom stereocenters. The molecular formula is C23H22N2O3S. The highest BCUT2D eigenvalue weighted by atomic mass is 32.2. The van der Waals surface area contributed by atoms with Crippen molar-refractivity contribution in [1.29, 1.82) is 0 Å². The Bertz CT molecular complexity index is 1320. The summed E-state index contributed by atoms with van der Waals surface area (Å²) in [5.41, 5.74) is 4.18. The summed E-state index contributed by atoms with van der Waals surface area (Å²) >= 11 is 0. The molecule has 29 heavy (non-hydrogen) atoms. The standard InChI is InChI=1S/C23H22N2O3S/c1-3-25-21-7-5-4-6-19(21)20-14-18(12-13-22(20)25)24-23(26)17-10-8-16(9-11-17)15-29(2,27)28/h4-14H,3,15H2,1-2H3,(H,24,26). The predicted molar refractivity (Wildman–Crippen MR) is 118 cm³/mol. The zero-order valence-electron chi connectivity index (χ0n) is 16.3. The number of carbonyl (C=O) groups excluding carboxylic acids is 1. The molecule has 1 heterocycles. The van der Waals surface area contributed by atoms with E-state index in [2.05, 4.69) is 28.9 Å². The van der Waals surface area contributed by atoms with Crippen molar-refractivity contribution < 1.29 is 13.2 Å². The number of hydrogen-bond donors (Lipinski definition) is 1. The van der Waals surface area contributed by atoms with Gasteiger partial charge in [-0.2, -0.15) is 0 Å². The molecule has 1 aromatic heterocycles. The van der Waals surface area contributed by atoms with E-state index in [0.29, 0.717) is 11.1 Å². The van der Waals surface area contributed by atoms with E-state index in [1.807, 2.05) is 30.3 Å². The lowest BCUT2D eigenvalue weighted by molar-refractivity contribution is 0.102. The Labute approximate surface area is 169 Å². The van der Waals surface area contributed by atoms with E-state index in [0.717, 1.165) is 28.5 Å². The van der Waals surface area contributed by atoms with E-state index in [-0.39, 0.29) is 11.7 Å². The van der Waals surface area contributed by atoms with Crippen molar-refractivity contribution in [2.24, 2.45) is 0 Å². The number of nitrogens with zero attached hydrogens (tertiary/aromatic N) is 1. The van der Waals surface area contributed by atoms with Crippen LogP contribution < -0.4 is 5.32 Å². The highest BCUT2D eigenvalue weighted by Crippen LogP contribution is 2.31. The van der Waals surface area contributed by atoms with Gasteiger partial charge < -0.3 is 9.88 Å². The molecule has 0 fully saturated rings. The molecule has 4 rings (SSSR count). The fraction of sp³-hybridized carbons (Fsp3) is 0.174. The van der Waals surface area contributed by atoms with Gasteiger partial charge in [0.25, 0.3) is 5.91 Å². The Morgan fingerprint density at radius 1 is 0.931 bits per heavy atom. The number of rotatable bonds is 5. The first kappa shape index (κ1) is 19.2. The third-order valence-electron chi connectivity index (χ3n) is 4.99. The third-order valence-corrected chi connectivity index (χ3v) is 5.85. The number of anilines is 1. The van der Waals surface area contributed by atoms with Gasteiger partial charge in [0.05, 0.1) is 5.75 Å². The lowest BCUT2D eigenvalue weighted by Crippen LogP contribution is -2.12. The van der Waals surface area contributed by atoms with Crippen LogP contribution in [0.4, 0.5) is 5.69 Å². The molecule has 0 bridgehead atoms. The van der Waals surface area contributed by atoms with Crippen LogP contribution in [0.5, 0.6) is 0 Å². The Balaban J connectivity index is 1.62. The molecule has 0 aliphatic carbocycles. The van der Waals surface area contributed by atoms with Gasteiger partial charge in [-0.3, -0.25) is 4.79 Å². The van der Waals surface area contributed by atoms with E-state index in [9.17, 15) is 13.2 Å². The molecule has 0 saturated carbocycles. The first-order valence-electron chi connectivity index (χ1n) is 9.45. The highest BCUT2D eigenvalue weighted by Gasteiger charge is 2.12. The number of benzene rings is 3. The lowest BCUT2D eigenvalue weighted by Gasteiger charge is -2.07. The second kappa shape index (κ2) is 7.37. The zero-order valence-corrected chi connectivity index (χ0v) is 17.2. The fourth-order valence-corrected chi connectivity index (χ4v) is 4.53. The number of carbonyl (C=O) groups is 1. The number of amides is 1. The number of nitrogens with one attached hydrogen (secondary N) is 1. The largest absolute Gasteiger partial charge is 0.341 e. The van der Waals surface area contributed by atoms with Crippen molar-refractivity contribution >= 4 is 43.2 Å².